The second-order valence-electron chi connectivity index (χ2n) is 10.2. The molecular formula is C30H30N2O2. The Hall–Kier alpha value is -3.66. The number of fused-ring (bicyclic) bond motifs is 1. The highest BCUT2D eigenvalue weighted by atomic mass is 16.1. The van der Waals surface area contributed by atoms with Gasteiger partial charge >= 0.3 is 0 Å². The van der Waals surface area contributed by atoms with Gasteiger partial charge in [-0.3, -0.25) is 9.59 Å². The molecule has 172 valence electrons. The fraction of sp³-hybridized carbons (Fsp3) is 0.267. The van der Waals surface area contributed by atoms with Crippen LogP contribution in [0.2, 0.25) is 0 Å². The molecule has 0 saturated heterocycles. The molecule has 5 rings (SSSR count). The zero-order valence-electron chi connectivity index (χ0n) is 19.9. The molecule has 0 fully saturated rings. The minimum Gasteiger partial charge on any atom is -0.372 e. The van der Waals surface area contributed by atoms with Crippen molar-refractivity contribution in [3.05, 3.63) is 106 Å². The summed E-state index contributed by atoms with van der Waals surface area (Å²) in [6.07, 6.45) is 2.21. The molecule has 1 atom stereocenters. The predicted octanol–water partition coefficient (Wildman–Crippen LogP) is 6.80. The van der Waals surface area contributed by atoms with Gasteiger partial charge < -0.3 is 10.6 Å². The maximum Gasteiger partial charge on any atom is 0.193 e. The third-order valence-electron chi connectivity index (χ3n) is 6.76. The largest absolute Gasteiger partial charge is 0.372 e. The van der Waals surface area contributed by atoms with Crippen molar-refractivity contribution in [2.24, 2.45) is 0 Å². The minimum absolute atomic E-state index is 0.0160. The van der Waals surface area contributed by atoms with E-state index in [0.29, 0.717) is 17.5 Å². The molecule has 1 heterocycles. The topological polar surface area (TPSA) is 58.2 Å². The molecule has 1 aliphatic carbocycles. The van der Waals surface area contributed by atoms with Gasteiger partial charge in [-0.15, -0.1) is 0 Å². The molecule has 0 radical (unpaired) electrons. The summed E-state index contributed by atoms with van der Waals surface area (Å²) in [7, 11) is 0. The lowest BCUT2D eigenvalue weighted by Gasteiger charge is -2.26. The Labute approximate surface area is 201 Å². The van der Waals surface area contributed by atoms with Crippen LogP contribution in [0.5, 0.6) is 0 Å². The summed E-state index contributed by atoms with van der Waals surface area (Å²) in [5.74, 6) is 0.164. The van der Waals surface area contributed by atoms with Gasteiger partial charge in [-0.05, 0) is 47.6 Å². The van der Waals surface area contributed by atoms with E-state index in [1.807, 2.05) is 48.5 Å². The van der Waals surface area contributed by atoms with Crippen molar-refractivity contribution in [1.82, 2.24) is 0 Å². The quantitative estimate of drug-likeness (QED) is 0.431. The lowest BCUT2D eigenvalue weighted by Crippen LogP contribution is -2.23. The molecule has 0 saturated carbocycles. The van der Waals surface area contributed by atoms with Gasteiger partial charge in [0.05, 0.1) is 17.4 Å². The first-order chi connectivity index (χ1) is 16.3. The van der Waals surface area contributed by atoms with E-state index in [9.17, 15) is 9.59 Å². The number of rotatable bonds is 3. The monoisotopic (exact) mass is 450 g/mol. The fourth-order valence-corrected chi connectivity index (χ4v) is 4.82. The molecule has 34 heavy (non-hydrogen) atoms. The molecule has 0 spiro atoms. The van der Waals surface area contributed by atoms with E-state index in [1.54, 1.807) is 0 Å². The van der Waals surface area contributed by atoms with Crippen molar-refractivity contribution in [2.75, 3.05) is 10.6 Å². The second-order valence-corrected chi connectivity index (χ2v) is 10.2. The van der Waals surface area contributed by atoms with Crippen LogP contribution in [-0.2, 0) is 10.2 Å². The van der Waals surface area contributed by atoms with Gasteiger partial charge in [0, 0.05) is 28.8 Å². The molecule has 0 aromatic heterocycles. The van der Waals surface area contributed by atoms with Crippen molar-refractivity contribution in [3.8, 4) is 0 Å². The maximum atomic E-state index is 13.1. The maximum absolute atomic E-state index is 13.1. The van der Waals surface area contributed by atoms with Crippen molar-refractivity contribution in [2.45, 2.75) is 51.5 Å². The van der Waals surface area contributed by atoms with E-state index < -0.39 is 0 Å². The van der Waals surface area contributed by atoms with Gasteiger partial charge in [-0.2, -0.15) is 0 Å². The SMILES string of the molecule is CC(C)(C)c1ccc([C@@H]2Nc3ccc(C(=O)c4ccccc4)cc3NC3=C2C(=O)CCC3)cc1. The van der Waals surface area contributed by atoms with E-state index in [-0.39, 0.29) is 23.0 Å². The van der Waals surface area contributed by atoms with E-state index in [1.165, 1.54) is 5.56 Å². The van der Waals surface area contributed by atoms with Gasteiger partial charge in [0.15, 0.2) is 11.6 Å². The van der Waals surface area contributed by atoms with Gasteiger partial charge in [0.25, 0.3) is 0 Å². The number of hydrogen-bond acceptors (Lipinski definition) is 4. The number of Topliss-reactive ketones (excluding diaryl/α,β-unsaturated/α-hetero) is 1. The normalized spacial score (nSPS) is 17.7. The summed E-state index contributed by atoms with van der Waals surface area (Å²) in [5.41, 5.74) is 7.15. The zero-order chi connectivity index (χ0) is 23.9. The Balaban J connectivity index is 1.55. The number of benzene rings is 3. The highest BCUT2D eigenvalue weighted by Crippen LogP contribution is 2.41. The summed E-state index contributed by atoms with van der Waals surface area (Å²) < 4.78 is 0. The van der Waals surface area contributed by atoms with E-state index in [0.717, 1.165) is 41.1 Å². The van der Waals surface area contributed by atoms with Crippen LogP contribution in [0, 0.1) is 0 Å². The third kappa shape index (κ3) is 4.16. The van der Waals surface area contributed by atoms with Crippen LogP contribution in [0.4, 0.5) is 11.4 Å². The lowest BCUT2D eigenvalue weighted by atomic mass is 9.83. The second kappa shape index (κ2) is 8.60. The Bertz CT molecular complexity index is 1280. The average Bonchev–Trinajstić information content (AvgIpc) is 3.00. The summed E-state index contributed by atoms with van der Waals surface area (Å²) in [4.78, 5) is 26.1. The van der Waals surface area contributed by atoms with E-state index in [4.69, 9.17) is 0 Å². The molecule has 2 aliphatic rings. The summed E-state index contributed by atoms with van der Waals surface area (Å²) in [5, 5.41) is 7.14. The summed E-state index contributed by atoms with van der Waals surface area (Å²) >= 11 is 0. The zero-order valence-corrected chi connectivity index (χ0v) is 19.9. The van der Waals surface area contributed by atoms with Crippen LogP contribution in [0.1, 0.15) is 73.1 Å². The third-order valence-corrected chi connectivity index (χ3v) is 6.76. The minimum atomic E-state index is -0.235. The van der Waals surface area contributed by atoms with Gasteiger partial charge in [0.2, 0.25) is 0 Å². The molecule has 4 nitrogen and oxygen atoms in total. The highest BCUT2D eigenvalue weighted by Gasteiger charge is 2.32. The Morgan fingerprint density at radius 3 is 2.29 bits per heavy atom. The van der Waals surface area contributed by atoms with Crippen LogP contribution in [0.3, 0.4) is 0 Å². The molecule has 4 heteroatoms. The number of hydrogen-bond donors (Lipinski definition) is 2. The van der Waals surface area contributed by atoms with Crippen LogP contribution in [0.25, 0.3) is 0 Å². The Morgan fingerprint density at radius 1 is 0.853 bits per heavy atom. The van der Waals surface area contributed by atoms with Gasteiger partial charge in [-0.25, -0.2) is 0 Å². The van der Waals surface area contributed by atoms with Gasteiger partial charge in [-0.1, -0.05) is 75.4 Å². The molecule has 0 bridgehead atoms. The molecule has 0 unspecified atom stereocenters. The lowest BCUT2D eigenvalue weighted by molar-refractivity contribution is -0.116. The van der Waals surface area contributed by atoms with Crippen molar-refractivity contribution >= 4 is 22.9 Å². The number of ketones is 2. The van der Waals surface area contributed by atoms with Crippen LogP contribution >= 0.6 is 0 Å². The Morgan fingerprint density at radius 2 is 1.59 bits per heavy atom. The number of nitrogens with one attached hydrogen (secondary N) is 2. The van der Waals surface area contributed by atoms with Crippen LogP contribution in [-0.4, -0.2) is 11.6 Å². The molecule has 1 aliphatic heterocycles. The van der Waals surface area contributed by atoms with Crippen molar-refractivity contribution < 1.29 is 9.59 Å². The van der Waals surface area contributed by atoms with Crippen molar-refractivity contribution in [1.29, 1.82) is 0 Å². The number of allylic oxidation sites excluding steroid dienone is 1. The van der Waals surface area contributed by atoms with Crippen molar-refractivity contribution in [3.63, 3.8) is 0 Å². The summed E-state index contributed by atoms with van der Waals surface area (Å²) in [6, 6.07) is 23.3. The van der Waals surface area contributed by atoms with E-state index in [2.05, 4.69) is 55.7 Å². The van der Waals surface area contributed by atoms with Gasteiger partial charge in [0.1, 0.15) is 0 Å². The molecular weight excluding hydrogens is 420 g/mol. The number of carbonyl (C=O) groups is 2. The predicted molar refractivity (Wildman–Crippen MR) is 137 cm³/mol. The molecule has 3 aromatic rings. The first kappa shape index (κ1) is 22.1. The molecule has 0 amide bonds. The molecule has 2 N–H and O–H groups in total. The summed E-state index contributed by atoms with van der Waals surface area (Å²) in [6.45, 7) is 6.60. The number of carbonyl (C=O) groups excluding carboxylic acids is 2. The smallest absolute Gasteiger partial charge is 0.193 e. The standard InChI is InChI=1S/C30H30N2O2/c1-30(2,3)22-15-12-19(13-16-22)28-27-24(10-7-11-26(27)33)31-25-18-21(14-17-23(25)32-28)29(34)20-8-5-4-6-9-20/h4-6,8-9,12-18,28,31-32H,7,10-11H2,1-3H3/t28-/m0/s1. The molecule has 3 aromatic carbocycles. The van der Waals surface area contributed by atoms with Crippen LogP contribution in [0.15, 0.2) is 84.1 Å². The van der Waals surface area contributed by atoms with Crippen LogP contribution < -0.4 is 10.6 Å². The fourth-order valence-electron chi connectivity index (χ4n) is 4.82. The van der Waals surface area contributed by atoms with E-state index >= 15 is 0 Å². The number of anilines is 2. The Kier molecular flexibility index (Phi) is 5.60. The average molecular weight is 451 g/mol. The highest BCUT2D eigenvalue weighted by molar-refractivity contribution is 6.10. The first-order valence-corrected chi connectivity index (χ1v) is 12.0. The first-order valence-electron chi connectivity index (χ1n) is 12.0.